The number of rotatable bonds is 7. The minimum atomic E-state index is 0. The summed E-state index contributed by atoms with van der Waals surface area (Å²) in [6.07, 6.45) is 1.69. The summed E-state index contributed by atoms with van der Waals surface area (Å²) in [5.41, 5.74) is 2.36. The molecule has 3 aromatic rings. The maximum absolute atomic E-state index is 5.84. The second kappa shape index (κ2) is 9.03. The molecule has 1 N–H and O–H groups in total. The van der Waals surface area contributed by atoms with Crippen LogP contribution in [0.1, 0.15) is 16.9 Å². The number of hydrogen-bond donors (Lipinski definition) is 1. The van der Waals surface area contributed by atoms with E-state index in [-0.39, 0.29) is 12.4 Å². The Bertz CT molecular complexity index is 684. The Morgan fingerprint density at radius 2 is 1.65 bits per heavy atom. The van der Waals surface area contributed by atoms with Gasteiger partial charge in [0, 0.05) is 6.54 Å². The average molecular weight is 330 g/mol. The molecular weight excluding hydrogens is 310 g/mol. The third-order valence-corrected chi connectivity index (χ3v) is 3.36. The van der Waals surface area contributed by atoms with Gasteiger partial charge < -0.3 is 14.5 Å². The van der Waals surface area contributed by atoms with Crippen LogP contribution in [0, 0.1) is 0 Å². The molecule has 0 bridgehead atoms. The van der Waals surface area contributed by atoms with Crippen molar-refractivity contribution in [3.05, 3.63) is 89.9 Å². The number of ether oxygens (including phenoxy) is 1. The second-order valence-corrected chi connectivity index (χ2v) is 5.10. The molecule has 4 heteroatoms. The molecule has 0 amide bonds. The summed E-state index contributed by atoms with van der Waals surface area (Å²) >= 11 is 0. The monoisotopic (exact) mass is 329 g/mol. The zero-order valence-electron chi connectivity index (χ0n) is 12.8. The number of halogens is 1. The van der Waals surface area contributed by atoms with Gasteiger partial charge in [-0.15, -0.1) is 12.4 Å². The van der Waals surface area contributed by atoms with Crippen molar-refractivity contribution >= 4 is 12.4 Å². The van der Waals surface area contributed by atoms with Crippen LogP contribution in [-0.2, 0) is 19.7 Å². The van der Waals surface area contributed by atoms with E-state index < -0.39 is 0 Å². The van der Waals surface area contributed by atoms with E-state index in [1.165, 1.54) is 11.1 Å². The molecule has 3 rings (SSSR count). The molecule has 0 radical (unpaired) electrons. The Labute approximate surface area is 142 Å². The van der Waals surface area contributed by atoms with Gasteiger partial charge >= 0.3 is 0 Å². The Morgan fingerprint density at radius 1 is 0.826 bits per heavy atom. The quantitative estimate of drug-likeness (QED) is 0.689. The molecule has 2 aromatic carbocycles. The minimum absolute atomic E-state index is 0. The van der Waals surface area contributed by atoms with Gasteiger partial charge in [-0.1, -0.05) is 42.5 Å². The molecule has 0 aliphatic heterocycles. The van der Waals surface area contributed by atoms with E-state index in [4.69, 9.17) is 9.15 Å². The topological polar surface area (TPSA) is 34.4 Å². The van der Waals surface area contributed by atoms with Crippen molar-refractivity contribution in [2.45, 2.75) is 19.7 Å². The Kier molecular flexibility index (Phi) is 6.73. The lowest BCUT2D eigenvalue weighted by Gasteiger charge is -2.09. The van der Waals surface area contributed by atoms with Gasteiger partial charge in [-0.25, -0.2) is 0 Å². The van der Waals surface area contributed by atoms with E-state index in [1.807, 2.05) is 42.5 Å². The highest BCUT2D eigenvalue weighted by atomic mass is 35.5. The third-order valence-electron chi connectivity index (χ3n) is 3.36. The molecule has 23 heavy (non-hydrogen) atoms. The first-order valence-corrected chi connectivity index (χ1v) is 7.39. The van der Waals surface area contributed by atoms with Crippen LogP contribution in [0.3, 0.4) is 0 Å². The SMILES string of the molecule is Cl.c1ccc(COc2cccc(CNCc3ccco3)c2)cc1. The van der Waals surface area contributed by atoms with Crippen molar-refractivity contribution < 1.29 is 9.15 Å². The van der Waals surface area contributed by atoms with Crippen LogP contribution in [0.2, 0.25) is 0 Å². The maximum atomic E-state index is 5.84. The molecule has 120 valence electrons. The number of furan rings is 1. The molecule has 0 spiro atoms. The number of hydrogen-bond acceptors (Lipinski definition) is 3. The van der Waals surface area contributed by atoms with E-state index >= 15 is 0 Å². The van der Waals surface area contributed by atoms with Gasteiger partial charge in [0.25, 0.3) is 0 Å². The van der Waals surface area contributed by atoms with Crippen molar-refractivity contribution in [1.29, 1.82) is 0 Å². The molecule has 3 nitrogen and oxygen atoms in total. The second-order valence-electron chi connectivity index (χ2n) is 5.10. The largest absolute Gasteiger partial charge is 0.489 e. The first-order valence-electron chi connectivity index (χ1n) is 7.39. The van der Waals surface area contributed by atoms with Crippen LogP contribution in [0.5, 0.6) is 5.75 Å². The van der Waals surface area contributed by atoms with Gasteiger partial charge in [0.05, 0.1) is 12.8 Å². The summed E-state index contributed by atoms with van der Waals surface area (Å²) in [6, 6.07) is 22.2. The highest BCUT2D eigenvalue weighted by molar-refractivity contribution is 5.85. The van der Waals surface area contributed by atoms with Crippen LogP contribution in [-0.4, -0.2) is 0 Å². The van der Waals surface area contributed by atoms with Gasteiger partial charge in [0.15, 0.2) is 0 Å². The van der Waals surface area contributed by atoms with Crippen LogP contribution in [0.25, 0.3) is 0 Å². The van der Waals surface area contributed by atoms with Gasteiger partial charge in [-0.3, -0.25) is 0 Å². The Hall–Kier alpha value is -2.23. The first-order chi connectivity index (χ1) is 10.9. The minimum Gasteiger partial charge on any atom is -0.489 e. The molecule has 1 heterocycles. The summed E-state index contributed by atoms with van der Waals surface area (Å²) in [6.45, 7) is 2.09. The van der Waals surface area contributed by atoms with E-state index in [9.17, 15) is 0 Å². The summed E-state index contributed by atoms with van der Waals surface area (Å²) in [5, 5.41) is 3.36. The lowest BCUT2D eigenvalue weighted by atomic mass is 10.2. The number of benzene rings is 2. The lowest BCUT2D eigenvalue weighted by Crippen LogP contribution is -2.12. The van der Waals surface area contributed by atoms with Crippen LogP contribution in [0.15, 0.2) is 77.4 Å². The third kappa shape index (κ3) is 5.47. The molecule has 0 fully saturated rings. The predicted molar refractivity (Wildman–Crippen MR) is 93.7 cm³/mol. The van der Waals surface area contributed by atoms with Gasteiger partial charge in [-0.2, -0.15) is 0 Å². The van der Waals surface area contributed by atoms with Crippen molar-refractivity contribution in [2.24, 2.45) is 0 Å². The Balaban J connectivity index is 0.00000192. The van der Waals surface area contributed by atoms with E-state index in [2.05, 4.69) is 29.6 Å². The standard InChI is InChI=1S/C19H19NO2.ClH/c1-2-6-16(7-3-1)15-22-18-9-4-8-17(12-18)13-20-14-19-10-5-11-21-19;/h1-12,20H,13-15H2;1H. The molecule has 0 unspecified atom stereocenters. The predicted octanol–water partition coefficient (Wildman–Crippen LogP) is 4.57. The van der Waals surface area contributed by atoms with Crippen LogP contribution < -0.4 is 10.1 Å². The van der Waals surface area contributed by atoms with Crippen molar-refractivity contribution in [2.75, 3.05) is 0 Å². The highest BCUT2D eigenvalue weighted by Gasteiger charge is 1.99. The zero-order chi connectivity index (χ0) is 15.0. The normalized spacial score (nSPS) is 10.1. The first kappa shape index (κ1) is 17.1. The molecule has 0 aliphatic rings. The number of nitrogens with one attached hydrogen (secondary N) is 1. The Morgan fingerprint density at radius 3 is 2.43 bits per heavy atom. The molecule has 1 aromatic heterocycles. The highest BCUT2D eigenvalue weighted by Crippen LogP contribution is 2.15. The van der Waals surface area contributed by atoms with Gasteiger partial charge in [-0.05, 0) is 35.4 Å². The maximum Gasteiger partial charge on any atom is 0.120 e. The van der Waals surface area contributed by atoms with Crippen molar-refractivity contribution in [3.8, 4) is 5.75 Å². The summed E-state index contributed by atoms with van der Waals surface area (Å²) < 4.78 is 11.1. The lowest BCUT2D eigenvalue weighted by molar-refractivity contribution is 0.306. The van der Waals surface area contributed by atoms with Crippen LogP contribution >= 0.6 is 12.4 Å². The van der Waals surface area contributed by atoms with Crippen molar-refractivity contribution in [3.63, 3.8) is 0 Å². The fraction of sp³-hybridized carbons (Fsp3) is 0.158. The van der Waals surface area contributed by atoms with E-state index in [1.54, 1.807) is 6.26 Å². The van der Waals surface area contributed by atoms with Crippen molar-refractivity contribution in [1.82, 2.24) is 5.32 Å². The molecule has 0 saturated heterocycles. The van der Waals surface area contributed by atoms with Crippen LogP contribution in [0.4, 0.5) is 0 Å². The smallest absolute Gasteiger partial charge is 0.120 e. The van der Waals surface area contributed by atoms with E-state index in [0.29, 0.717) is 6.61 Å². The fourth-order valence-corrected chi connectivity index (χ4v) is 2.23. The molecule has 0 aliphatic carbocycles. The van der Waals surface area contributed by atoms with E-state index in [0.717, 1.165) is 24.6 Å². The van der Waals surface area contributed by atoms with Gasteiger partial charge in [0.2, 0.25) is 0 Å². The summed E-state index contributed by atoms with van der Waals surface area (Å²) in [7, 11) is 0. The summed E-state index contributed by atoms with van der Waals surface area (Å²) in [4.78, 5) is 0. The summed E-state index contributed by atoms with van der Waals surface area (Å²) in [5.74, 6) is 1.83. The average Bonchev–Trinajstić information content (AvgIpc) is 3.08. The molecule has 0 saturated carbocycles. The molecular formula is C19H20ClNO2. The zero-order valence-corrected chi connectivity index (χ0v) is 13.6. The fourth-order valence-electron chi connectivity index (χ4n) is 2.23. The van der Waals surface area contributed by atoms with Gasteiger partial charge in [0.1, 0.15) is 18.1 Å². The molecule has 0 atom stereocenters.